The number of fused-ring (bicyclic) bond motifs is 1. The van der Waals surface area contributed by atoms with Crippen molar-refractivity contribution in [3.8, 4) is 0 Å². The van der Waals surface area contributed by atoms with Crippen LogP contribution in [-0.4, -0.2) is 89.6 Å². The lowest BCUT2D eigenvalue weighted by Crippen LogP contribution is -2.57. The van der Waals surface area contributed by atoms with E-state index >= 15 is 0 Å². The van der Waals surface area contributed by atoms with Gasteiger partial charge in [0.2, 0.25) is 11.8 Å². The number of carbonyl (C=O) groups is 2. The minimum Gasteiger partial charge on any atom is -0.399 e. The van der Waals surface area contributed by atoms with Crippen molar-refractivity contribution in [1.29, 1.82) is 0 Å². The van der Waals surface area contributed by atoms with Crippen LogP contribution in [0.4, 0.5) is 11.4 Å². The van der Waals surface area contributed by atoms with Crippen LogP contribution in [0.1, 0.15) is 71.9 Å². The maximum Gasteiger partial charge on any atom is 0.494 e. The molecule has 244 valence electrons. The molecule has 10 nitrogen and oxygen atoms in total. The van der Waals surface area contributed by atoms with Crippen LogP contribution in [0.2, 0.25) is 0 Å². The van der Waals surface area contributed by atoms with E-state index in [1.54, 1.807) is 0 Å². The Labute approximate surface area is 272 Å². The SMILES string of the molecule is C[C@H]1CN(C2CCN(c3ccc4c(C5CCC(=O)NC5=O)nn(C)c4c3)CC2)CCN1c1ccc(B2OC(C)(C)C(C)(C)O2)cc1. The van der Waals surface area contributed by atoms with Gasteiger partial charge < -0.3 is 19.1 Å². The summed E-state index contributed by atoms with van der Waals surface area (Å²) in [6.07, 6.45) is 3.14. The van der Waals surface area contributed by atoms with E-state index in [0.29, 0.717) is 24.9 Å². The van der Waals surface area contributed by atoms with Gasteiger partial charge in [0.05, 0.1) is 28.3 Å². The van der Waals surface area contributed by atoms with Crippen LogP contribution in [-0.2, 0) is 25.9 Å². The smallest absolute Gasteiger partial charge is 0.399 e. The number of amides is 2. The third-order valence-electron chi connectivity index (χ3n) is 11.2. The number of piperidine rings is 2. The number of aromatic nitrogens is 2. The van der Waals surface area contributed by atoms with Crippen LogP contribution >= 0.6 is 0 Å². The maximum absolute atomic E-state index is 12.5. The highest BCUT2D eigenvalue weighted by atomic mass is 16.7. The number of benzene rings is 2. The molecule has 4 aliphatic heterocycles. The summed E-state index contributed by atoms with van der Waals surface area (Å²) in [5.74, 6) is -0.826. The fraction of sp³-hybridized carbons (Fsp3) is 0.571. The molecule has 2 amide bonds. The van der Waals surface area contributed by atoms with Gasteiger partial charge in [0.15, 0.2) is 0 Å². The lowest BCUT2D eigenvalue weighted by molar-refractivity contribution is -0.134. The first-order chi connectivity index (χ1) is 21.9. The lowest BCUT2D eigenvalue weighted by atomic mass is 9.79. The highest BCUT2D eigenvalue weighted by Gasteiger charge is 2.51. The Balaban J connectivity index is 0.947. The Morgan fingerprint density at radius 1 is 0.891 bits per heavy atom. The third kappa shape index (κ3) is 5.60. The highest BCUT2D eigenvalue weighted by Crippen LogP contribution is 2.37. The number of anilines is 2. The molecule has 11 heteroatoms. The van der Waals surface area contributed by atoms with E-state index in [1.807, 2.05) is 11.7 Å². The van der Waals surface area contributed by atoms with Crippen LogP contribution in [0, 0.1) is 0 Å². The van der Waals surface area contributed by atoms with E-state index in [-0.39, 0.29) is 36.1 Å². The minimum absolute atomic E-state index is 0.201. The predicted molar refractivity (Wildman–Crippen MR) is 182 cm³/mol. The van der Waals surface area contributed by atoms with Gasteiger partial charge in [-0.1, -0.05) is 12.1 Å². The number of piperazine rings is 1. The molecule has 4 aliphatic rings. The summed E-state index contributed by atoms with van der Waals surface area (Å²) in [5, 5.41) is 8.19. The first-order valence-electron chi connectivity index (χ1n) is 16.9. The molecule has 1 N–H and O–H groups in total. The second-order valence-electron chi connectivity index (χ2n) is 14.6. The molecule has 3 aromatic rings. The van der Waals surface area contributed by atoms with Crippen molar-refractivity contribution in [2.24, 2.45) is 7.05 Å². The summed E-state index contributed by atoms with van der Waals surface area (Å²) in [4.78, 5) is 31.9. The Bertz CT molecular complexity index is 1610. The van der Waals surface area contributed by atoms with Crippen LogP contribution < -0.4 is 20.6 Å². The fourth-order valence-corrected chi connectivity index (χ4v) is 7.67. The third-order valence-corrected chi connectivity index (χ3v) is 11.2. The zero-order valence-corrected chi connectivity index (χ0v) is 28.1. The molecule has 4 saturated heterocycles. The number of nitrogens with zero attached hydrogens (tertiary/aromatic N) is 5. The van der Waals surface area contributed by atoms with Crippen molar-refractivity contribution in [1.82, 2.24) is 20.0 Å². The summed E-state index contributed by atoms with van der Waals surface area (Å²) in [7, 11) is 1.60. The molecule has 7 rings (SSSR count). The van der Waals surface area contributed by atoms with Crippen LogP contribution in [0.25, 0.3) is 10.9 Å². The lowest BCUT2D eigenvalue weighted by Gasteiger charge is -2.46. The molecule has 0 bridgehead atoms. The van der Waals surface area contributed by atoms with Crippen molar-refractivity contribution in [3.63, 3.8) is 0 Å². The van der Waals surface area contributed by atoms with Crippen molar-refractivity contribution in [3.05, 3.63) is 48.2 Å². The summed E-state index contributed by atoms with van der Waals surface area (Å²) in [6, 6.07) is 16.2. The topological polar surface area (TPSA) is 92.2 Å². The average Bonchev–Trinajstić information content (AvgIpc) is 3.47. The van der Waals surface area contributed by atoms with Gasteiger partial charge in [0.25, 0.3) is 0 Å². The number of hydrogen-bond donors (Lipinski definition) is 1. The average molecular weight is 627 g/mol. The number of rotatable bonds is 5. The normalized spacial score (nSPS) is 25.8. The highest BCUT2D eigenvalue weighted by molar-refractivity contribution is 6.62. The van der Waals surface area contributed by atoms with E-state index in [9.17, 15) is 9.59 Å². The van der Waals surface area contributed by atoms with Crippen LogP contribution in [0.15, 0.2) is 42.5 Å². The predicted octanol–water partition coefficient (Wildman–Crippen LogP) is 3.57. The van der Waals surface area contributed by atoms with Crippen LogP contribution in [0.3, 0.4) is 0 Å². The van der Waals surface area contributed by atoms with Gasteiger partial charge in [-0.3, -0.25) is 24.5 Å². The number of nitrogens with one attached hydrogen (secondary N) is 1. The molecule has 0 spiro atoms. The number of aryl methyl sites for hydroxylation is 1. The molecule has 46 heavy (non-hydrogen) atoms. The van der Waals surface area contributed by atoms with Gasteiger partial charge in [-0.05, 0) is 89.7 Å². The molecule has 0 radical (unpaired) electrons. The monoisotopic (exact) mass is 626 g/mol. The molecular formula is C35H47BN6O4. The van der Waals surface area contributed by atoms with Gasteiger partial charge in [0.1, 0.15) is 0 Å². The second kappa shape index (κ2) is 11.7. The molecule has 2 aromatic carbocycles. The van der Waals surface area contributed by atoms with E-state index in [4.69, 9.17) is 14.4 Å². The van der Waals surface area contributed by atoms with E-state index in [1.165, 1.54) is 11.4 Å². The quantitative estimate of drug-likeness (QED) is 0.340. The Morgan fingerprint density at radius 3 is 2.22 bits per heavy atom. The zero-order valence-electron chi connectivity index (χ0n) is 28.1. The molecule has 1 aromatic heterocycles. The van der Waals surface area contributed by atoms with Gasteiger partial charge in [-0.15, -0.1) is 0 Å². The van der Waals surface area contributed by atoms with E-state index < -0.39 is 0 Å². The van der Waals surface area contributed by atoms with Gasteiger partial charge >= 0.3 is 7.12 Å². The summed E-state index contributed by atoms with van der Waals surface area (Å²) in [6.45, 7) is 15.9. The zero-order chi connectivity index (χ0) is 32.4. The van der Waals surface area contributed by atoms with Crippen molar-refractivity contribution >= 4 is 46.7 Å². The number of carbonyl (C=O) groups excluding carboxylic acids is 2. The van der Waals surface area contributed by atoms with Crippen molar-refractivity contribution < 1.29 is 18.9 Å². The Kier molecular flexibility index (Phi) is 7.93. The molecule has 0 aliphatic carbocycles. The van der Waals surface area contributed by atoms with Gasteiger partial charge in [0, 0.05) is 75.0 Å². The first kappa shape index (κ1) is 31.2. The van der Waals surface area contributed by atoms with Gasteiger partial charge in [-0.25, -0.2) is 0 Å². The minimum atomic E-state index is -0.383. The van der Waals surface area contributed by atoms with Crippen LogP contribution in [0.5, 0.6) is 0 Å². The van der Waals surface area contributed by atoms with E-state index in [0.717, 1.165) is 67.6 Å². The van der Waals surface area contributed by atoms with Crippen molar-refractivity contribution in [2.45, 2.75) is 89.5 Å². The molecule has 4 fully saturated rings. The fourth-order valence-electron chi connectivity index (χ4n) is 7.67. The maximum atomic E-state index is 12.5. The first-order valence-corrected chi connectivity index (χ1v) is 16.9. The molecule has 1 unspecified atom stereocenters. The number of imide groups is 1. The summed E-state index contributed by atoms with van der Waals surface area (Å²) >= 11 is 0. The summed E-state index contributed by atoms with van der Waals surface area (Å²) in [5.41, 5.74) is 4.63. The molecule has 0 saturated carbocycles. The standard InChI is InChI=1S/C35H47BN6O4/c1-23-22-41(19-20-42(23)26-9-7-24(8-10-26)36-45-34(2,3)35(4,5)46-36)25-15-17-40(18-16-25)27-11-12-28-30(21-27)39(6)38-32(28)29-13-14-31(43)37-33(29)44/h7-12,21,23,25,29H,13-20,22H2,1-6H3,(H,37,43,44)/t23-,29?/m0/s1. The largest absolute Gasteiger partial charge is 0.494 e. The Hall–Kier alpha value is -3.41. The molecular weight excluding hydrogens is 579 g/mol. The van der Waals surface area contributed by atoms with Crippen molar-refractivity contribution in [2.75, 3.05) is 42.5 Å². The van der Waals surface area contributed by atoms with E-state index in [2.05, 4.69) is 97.1 Å². The molecule has 2 atom stereocenters. The number of hydrogen-bond acceptors (Lipinski definition) is 8. The second-order valence-corrected chi connectivity index (χ2v) is 14.6. The molecule has 5 heterocycles. The Morgan fingerprint density at radius 2 is 1.57 bits per heavy atom. The summed E-state index contributed by atoms with van der Waals surface area (Å²) < 4.78 is 14.4. The van der Waals surface area contributed by atoms with Gasteiger partial charge in [-0.2, -0.15) is 5.10 Å².